The summed E-state index contributed by atoms with van der Waals surface area (Å²) in [5.74, 6) is -1.02. The van der Waals surface area contributed by atoms with E-state index in [9.17, 15) is 18.0 Å². The second kappa shape index (κ2) is 14.3. The number of unbranched alkanes of at least 4 members (excludes halogenated alkanes) is 2. The highest BCUT2D eigenvalue weighted by molar-refractivity contribution is 7.98. The van der Waals surface area contributed by atoms with Crippen molar-refractivity contribution in [1.82, 2.24) is 5.32 Å². The fourth-order valence-electron chi connectivity index (χ4n) is 5.25. The van der Waals surface area contributed by atoms with E-state index < -0.39 is 21.2 Å². The SMILES string of the molecule is CCCCC1(CCCC)CN(c2ccc(C(=O)NC(C)C)cc2)c2cc(SC)c(OC=CC(=O)O)cc2S(=O)(=O)C1. The third kappa shape index (κ3) is 8.29. The summed E-state index contributed by atoms with van der Waals surface area (Å²) in [5.41, 5.74) is 1.42. The fourth-order valence-corrected chi connectivity index (χ4v) is 7.91. The highest BCUT2D eigenvalue weighted by Crippen LogP contribution is 2.47. The molecule has 0 saturated heterocycles. The largest absolute Gasteiger partial charge is 0.478 e. The van der Waals surface area contributed by atoms with Crippen LogP contribution in [-0.4, -0.2) is 50.0 Å². The van der Waals surface area contributed by atoms with Crippen molar-refractivity contribution in [3.8, 4) is 5.75 Å². The van der Waals surface area contributed by atoms with Crippen molar-refractivity contribution >= 4 is 44.9 Å². The molecule has 2 aromatic rings. The summed E-state index contributed by atoms with van der Waals surface area (Å²) in [7, 11) is -3.75. The van der Waals surface area contributed by atoms with Crippen molar-refractivity contribution in [3.63, 3.8) is 0 Å². The second-order valence-electron chi connectivity index (χ2n) is 11.0. The molecule has 0 aromatic heterocycles. The average molecular weight is 603 g/mol. The van der Waals surface area contributed by atoms with Crippen LogP contribution >= 0.6 is 11.8 Å². The summed E-state index contributed by atoms with van der Waals surface area (Å²) < 4.78 is 33.9. The maximum Gasteiger partial charge on any atom is 0.331 e. The molecule has 1 heterocycles. The molecule has 41 heavy (non-hydrogen) atoms. The first-order chi connectivity index (χ1) is 19.4. The van der Waals surface area contributed by atoms with Crippen molar-refractivity contribution in [3.05, 3.63) is 54.3 Å². The monoisotopic (exact) mass is 602 g/mol. The van der Waals surface area contributed by atoms with Gasteiger partial charge in [0, 0.05) is 35.3 Å². The molecule has 0 aliphatic carbocycles. The summed E-state index contributed by atoms with van der Waals surface area (Å²) in [5, 5.41) is 11.9. The van der Waals surface area contributed by atoms with Crippen LogP contribution in [0.15, 0.2) is 58.5 Å². The number of ether oxygens (including phenoxy) is 1. The number of carboxylic acids is 1. The Morgan fingerprint density at radius 3 is 2.29 bits per heavy atom. The van der Waals surface area contributed by atoms with Crippen LogP contribution in [0, 0.1) is 5.41 Å². The Morgan fingerprint density at radius 2 is 1.76 bits per heavy atom. The van der Waals surface area contributed by atoms with Gasteiger partial charge < -0.3 is 20.1 Å². The lowest BCUT2D eigenvalue weighted by molar-refractivity contribution is -0.131. The predicted molar refractivity (Wildman–Crippen MR) is 165 cm³/mol. The van der Waals surface area contributed by atoms with Gasteiger partial charge in [-0.25, -0.2) is 13.2 Å². The molecule has 3 rings (SSSR count). The molecule has 1 aliphatic heterocycles. The van der Waals surface area contributed by atoms with Gasteiger partial charge >= 0.3 is 5.97 Å². The zero-order valence-electron chi connectivity index (χ0n) is 24.6. The standard InChI is InChI=1S/C31H42N2O6S2/c1-6-8-15-31(16-9-7-2)20-33(24-12-10-23(11-13-24)30(36)32-22(3)4)25-18-27(40-5)26(39-17-14-29(34)35)19-28(25)41(37,38)21-31/h10-14,17-19,22H,6-9,15-16,20-21H2,1-5H3,(H,32,36)(H,34,35). The third-order valence-corrected chi connectivity index (χ3v) is 10.00. The quantitative estimate of drug-likeness (QED) is 0.146. The molecule has 2 aromatic carbocycles. The summed E-state index contributed by atoms with van der Waals surface area (Å²) >= 11 is 1.39. The Labute approximate surface area is 248 Å². The van der Waals surface area contributed by atoms with Crippen molar-refractivity contribution in [2.75, 3.05) is 23.5 Å². The first-order valence-electron chi connectivity index (χ1n) is 14.1. The smallest absolute Gasteiger partial charge is 0.331 e. The summed E-state index contributed by atoms with van der Waals surface area (Å²) in [6, 6.07) is 10.6. The first-order valence-corrected chi connectivity index (χ1v) is 17.0. The number of nitrogens with zero attached hydrogens (tertiary/aromatic N) is 1. The van der Waals surface area contributed by atoms with E-state index in [-0.39, 0.29) is 28.3 Å². The molecule has 2 N–H and O–H groups in total. The number of anilines is 2. The minimum absolute atomic E-state index is 0.00865. The molecule has 0 radical (unpaired) electrons. The Balaban J connectivity index is 2.22. The Morgan fingerprint density at radius 1 is 1.12 bits per heavy atom. The molecular formula is C31H42N2O6S2. The van der Waals surface area contributed by atoms with E-state index in [0.717, 1.165) is 56.6 Å². The predicted octanol–water partition coefficient (Wildman–Crippen LogP) is 6.82. The molecule has 0 unspecified atom stereocenters. The molecule has 1 aliphatic rings. The van der Waals surface area contributed by atoms with Crippen LogP contribution < -0.4 is 15.0 Å². The van der Waals surface area contributed by atoms with Gasteiger partial charge in [-0.05, 0) is 63.3 Å². The van der Waals surface area contributed by atoms with Gasteiger partial charge in [0.15, 0.2) is 9.84 Å². The minimum Gasteiger partial charge on any atom is -0.478 e. The van der Waals surface area contributed by atoms with Crippen molar-refractivity contribution < 1.29 is 27.9 Å². The number of amides is 1. The lowest BCUT2D eigenvalue weighted by Gasteiger charge is -2.37. The van der Waals surface area contributed by atoms with Crippen LogP contribution in [0.1, 0.15) is 76.6 Å². The highest BCUT2D eigenvalue weighted by atomic mass is 32.2. The summed E-state index contributed by atoms with van der Waals surface area (Å²) in [6.45, 7) is 8.57. The number of rotatable bonds is 13. The van der Waals surface area contributed by atoms with Crippen molar-refractivity contribution in [1.29, 1.82) is 0 Å². The number of benzene rings is 2. The number of carboxylic acid groups (broad SMARTS) is 1. The van der Waals surface area contributed by atoms with Gasteiger partial charge in [0.2, 0.25) is 0 Å². The molecule has 8 nitrogen and oxygen atoms in total. The number of sulfone groups is 1. The number of nitrogens with one attached hydrogen (secondary N) is 1. The molecule has 0 bridgehead atoms. The van der Waals surface area contributed by atoms with Gasteiger partial charge in [-0.2, -0.15) is 0 Å². The number of aliphatic carboxylic acids is 1. The van der Waals surface area contributed by atoms with Crippen molar-refractivity contribution in [2.24, 2.45) is 5.41 Å². The lowest BCUT2D eigenvalue weighted by atomic mass is 9.79. The zero-order chi connectivity index (χ0) is 30.2. The van der Waals surface area contributed by atoms with E-state index in [1.807, 2.05) is 38.3 Å². The molecule has 224 valence electrons. The molecule has 0 fully saturated rings. The summed E-state index contributed by atoms with van der Waals surface area (Å²) in [4.78, 5) is 26.5. The van der Waals surface area contributed by atoms with E-state index in [2.05, 4.69) is 24.1 Å². The van der Waals surface area contributed by atoms with E-state index in [1.165, 1.54) is 17.8 Å². The van der Waals surface area contributed by atoms with Crippen LogP contribution in [-0.2, 0) is 14.6 Å². The van der Waals surface area contributed by atoms with Gasteiger partial charge in [0.25, 0.3) is 5.91 Å². The van der Waals surface area contributed by atoms with Gasteiger partial charge in [-0.3, -0.25) is 4.79 Å². The van der Waals surface area contributed by atoms with Gasteiger partial charge in [-0.15, -0.1) is 11.8 Å². The number of hydrogen-bond donors (Lipinski definition) is 2. The maximum absolute atomic E-state index is 14.1. The number of carbonyl (C=O) groups is 2. The molecule has 1 amide bonds. The van der Waals surface area contributed by atoms with Crippen LogP contribution in [0.3, 0.4) is 0 Å². The van der Waals surface area contributed by atoms with Crippen LogP contribution in [0.25, 0.3) is 0 Å². The van der Waals surface area contributed by atoms with Gasteiger partial charge in [-0.1, -0.05) is 39.5 Å². The fraction of sp³-hybridized carbons (Fsp3) is 0.484. The van der Waals surface area contributed by atoms with E-state index in [1.54, 1.807) is 12.1 Å². The number of fused-ring (bicyclic) bond motifs is 1. The maximum atomic E-state index is 14.1. The molecule has 0 saturated carbocycles. The zero-order valence-corrected chi connectivity index (χ0v) is 26.2. The highest BCUT2D eigenvalue weighted by Gasteiger charge is 2.42. The van der Waals surface area contributed by atoms with Crippen LogP contribution in [0.2, 0.25) is 0 Å². The Hall–Kier alpha value is -2.98. The number of hydrogen-bond acceptors (Lipinski definition) is 7. The molecule has 10 heteroatoms. The summed E-state index contributed by atoms with van der Waals surface area (Å²) in [6.07, 6.45) is 9.11. The normalized spacial score (nSPS) is 15.9. The topological polar surface area (TPSA) is 113 Å². The molecular weight excluding hydrogens is 560 g/mol. The first kappa shape index (κ1) is 32.5. The molecule has 0 spiro atoms. The second-order valence-corrected chi connectivity index (χ2v) is 13.8. The van der Waals surface area contributed by atoms with E-state index in [4.69, 9.17) is 9.84 Å². The van der Waals surface area contributed by atoms with Gasteiger partial charge in [0.1, 0.15) is 5.75 Å². The Bertz CT molecular complexity index is 1350. The van der Waals surface area contributed by atoms with Gasteiger partial charge in [0.05, 0.1) is 33.6 Å². The van der Waals surface area contributed by atoms with Crippen LogP contribution in [0.4, 0.5) is 11.4 Å². The lowest BCUT2D eigenvalue weighted by Crippen LogP contribution is -2.38. The number of thioether (sulfide) groups is 1. The average Bonchev–Trinajstić information content (AvgIpc) is 3.01. The van der Waals surface area contributed by atoms with Crippen molar-refractivity contribution in [2.45, 2.75) is 82.1 Å². The van der Waals surface area contributed by atoms with Crippen LogP contribution in [0.5, 0.6) is 5.75 Å². The minimum atomic E-state index is -3.75. The van der Waals surface area contributed by atoms with E-state index in [0.29, 0.717) is 22.7 Å². The Kier molecular flexibility index (Phi) is 11.3. The number of carbonyl (C=O) groups excluding carboxylic acids is 1. The third-order valence-electron chi connectivity index (χ3n) is 7.25. The molecule has 0 atom stereocenters. The van der Waals surface area contributed by atoms with E-state index >= 15 is 0 Å².